The maximum absolute atomic E-state index is 8.52. The molecule has 0 aliphatic carbocycles. The largest absolute Gasteiger partial charge is 0.493 e. The van der Waals surface area contributed by atoms with Crippen molar-refractivity contribution < 1.29 is 24.4 Å². The maximum Gasteiger partial charge on any atom is 0.226 e. The molecule has 0 radical (unpaired) electrons. The lowest BCUT2D eigenvalue weighted by Gasteiger charge is -2.09. The van der Waals surface area contributed by atoms with Crippen molar-refractivity contribution in [1.82, 2.24) is 9.97 Å². The average molecular weight is 507 g/mol. The van der Waals surface area contributed by atoms with Gasteiger partial charge < -0.3 is 14.3 Å². The Morgan fingerprint density at radius 2 is 1.51 bits per heavy atom. The van der Waals surface area contributed by atoms with Gasteiger partial charge in [-0.05, 0) is 74.7 Å². The van der Waals surface area contributed by atoms with Gasteiger partial charge >= 0.3 is 0 Å². The van der Waals surface area contributed by atoms with E-state index in [-0.39, 0.29) is 6.61 Å². The number of benzene rings is 2. The van der Waals surface area contributed by atoms with E-state index in [0.29, 0.717) is 25.3 Å². The van der Waals surface area contributed by atoms with E-state index >= 15 is 0 Å². The molecule has 0 saturated carbocycles. The zero-order valence-corrected chi connectivity index (χ0v) is 22.6. The van der Waals surface area contributed by atoms with Crippen LogP contribution in [0.3, 0.4) is 0 Å². The van der Waals surface area contributed by atoms with Gasteiger partial charge in [-0.25, -0.2) is 9.87 Å². The van der Waals surface area contributed by atoms with E-state index in [0.717, 1.165) is 58.0 Å². The Labute approximate surface area is 219 Å². The molecular weight excluding hydrogens is 468 g/mol. The van der Waals surface area contributed by atoms with Gasteiger partial charge in [0.05, 0.1) is 24.6 Å². The summed E-state index contributed by atoms with van der Waals surface area (Å²) in [4.78, 5) is 13.4. The van der Waals surface area contributed by atoms with Crippen LogP contribution in [0.25, 0.3) is 22.7 Å². The van der Waals surface area contributed by atoms with Crippen molar-refractivity contribution in [3.8, 4) is 28.5 Å². The first-order valence-corrected chi connectivity index (χ1v) is 12.5. The Kier molecular flexibility index (Phi) is 12.5. The summed E-state index contributed by atoms with van der Waals surface area (Å²) in [5.41, 5.74) is 7.06. The minimum absolute atomic E-state index is 0.278. The van der Waals surface area contributed by atoms with Crippen LogP contribution in [0.2, 0.25) is 0 Å². The number of aryl methyl sites for hydroxylation is 3. The Balaban J connectivity index is 0.00000115. The highest BCUT2D eigenvalue weighted by Gasteiger charge is 2.12. The van der Waals surface area contributed by atoms with Crippen LogP contribution < -0.4 is 4.74 Å². The van der Waals surface area contributed by atoms with Crippen molar-refractivity contribution in [1.29, 1.82) is 0 Å². The lowest BCUT2D eigenvalue weighted by atomic mass is 10.1. The van der Waals surface area contributed by atoms with Gasteiger partial charge in [0.1, 0.15) is 11.5 Å². The number of oxazole rings is 1. The average Bonchev–Trinajstić information content (AvgIpc) is 3.31. The first-order valence-electron chi connectivity index (χ1n) is 12.5. The second-order valence-electron chi connectivity index (χ2n) is 8.03. The Morgan fingerprint density at radius 3 is 2.16 bits per heavy atom. The molecule has 37 heavy (non-hydrogen) atoms. The molecule has 4 aromatic rings. The van der Waals surface area contributed by atoms with Gasteiger partial charge in [-0.1, -0.05) is 38.1 Å². The lowest BCUT2D eigenvalue weighted by molar-refractivity contribution is -0.241. The van der Waals surface area contributed by atoms with Gasteiger partial charge in [-0.15, -0.1) is 0 Å². The summed E-state index contributed by atoms with van der Waals surface area (Å²) < 4.78 is 11.9. The van der Waals surface area contributed by atoms with Gasteiger partial charge in [-0.2, -0.15) is 0 Å². The van der Waals surface area contributed by atoms with Crippen LogP contribution in [0.1, 0.15) is 42.1 Å². The third kappa shape index (κ3) is 8.53. The number of aromatic nitrogens is 2. The van der Waals surface area contributed by atoms with Crippen LogP contribution in [-0.2, 0) is 17.7 Å². The van der Waals surface area contributed by atoms with Gasteiger partial charge in [0.25, 0.3) is 0 Å². The van der Waals surface area contributed by atoms with Crippen molar-refractivity contribution in [3.63, 3.8) is 0 Å². The molecule has 2 aromatic heterocycles. The van der Waals surface area contributed by atoms with E-state index in [1.165, 1.54) is 0 Å². The van der Waals surface area contributed by atoms with Gasteiger partial charge in [-0.3, -0.25) is 10.2 Å². The van der Waals surface area contributed by atoms with Crippen LogP contribution in [0.4, 0.5) is 0 Å². The fraction of sp³-hybridized carbons (Fsp3) is 0.333. The maximum atomic E-state index is 8.52. The molecule has 0 aliphatic heterocycles. The Bertz CT molecular complexity index is 1220. The standard InChI is InChI=1S/C27H28N2O4.C2H6.CH4O/c1-18-17-24(12-11-21(18)13-16-32-30)31-15-14-25-20(3)33-27(29-25)23-9-7-22(8-10-23)26-6-4-5-19(2)28-26;2*1-2/h4-12,17,30H,13-16H2,1-3H3;1-2H3;2H,1H3. The molecule has 7 nitrogen and oxygen atoms in total. The first kappa shape index (κ1) is 29.7. The minimum Gasteiger partial charge on any atom is -0.493 e. The van der Waals surface area contributed by atoms with E-state index < -0.39 is 0 Å². The monoisotopic (exact) mass is 506 g/mol. The molecule has 2 N–H and O–H groups in total. The molecular formula is C30H38N2O5. The third-order valence-electron chi connectivity index (χ3n) is 5.59. The van der Waals surface area contributed by atoms with E-state index in [1.807, 2.05) is 95.3 Å². The third-order valence-corrected chi connectivity index (χ3v) is 5.59. The van der Waals surface area contributed by atoms with Crippen LogP contribution in [-0.4, -0.2) is 40.7 Å². The molecule has 2 aromatic carbocycles. The quantitative estimate of drug-likeness (QED) is 0.194. The Morgan fingerprint density at radius 1 is 0.811 bits per heavy atom. The predicted octanol–water partition coefficient (Wildman–Crippen LogP) is 6.62. The molecule has 2 heterocycles. The Hall–Kier alpha value is -3.52. The van der Waals surface area contributed by atoms with E-state index in [4.69, 9.17) is 24.5 Å². The number of aliphatic hydroxyl groups excluding tert-OH is 1. The van der Waals surface area contributed by atoms with E-state index in [9.17, 15) is 0 Å². The SMILES string of the molecule is CC.CO.Cc1cccc(-c2ccc(-c3nc(CCOc4ccc(CCOO)c(C)c4)c(C)o3)cc2)n1. The van der Waals surface area contributed by atoms with Crippen molar-refractivity contribution >= 4 is 0 Å². The fourth-order valence-electron chi connectivity index (χ4n) is 3.73. The van der Waals surface area contributed by atoms with Gasteiger partial charge in [0.2, 0.25) is 5.89 Å². The first-order chi connectivity index (χ1) is 18.0. The van der Waals surface area contributed by atoms with Crippen LogP contribution in [0.15, 0.2) is 65.1 Å². The van der Waals surface area contributed by atoms with Crippen molar-refractivity contribution in [2.45, 2.75) is 47.5 Å². The molecule has 0 unspecified atom stereocenters. The smallest absolute Gasteiger partial charge is 0.226 e. The second kappa shape index (κ2) is 15.6. The summed E-state index contributed by atoms with van der Waals surface area (Å²) in [5.74, 6) is 2.22. The minimum atomic E-state index is 0.278. The zero-order valence-electron chi connectivity index (χ0n) is 22.6. The summed E-state index contributed by atoms with van der Waals surface area (Å²) in [6, 6.07) is 20.0. The molecule has 0 atom stereocenters. The van der Waals surface area contributed by atoms with Gasteiger partial charge in [0.15, 0.2) is 0 Å². The van der Waals surface area contributed by atoms with Crippen LogP contribution in [0, 0.1) is 20.8 Å². The molecule has 0 saturated heterocycles. The van der Waals surface area contributed by atoms with Crippen LogP contribution in [0.5, 0.6) is 5.75 Å². The molecule has 4 rings (SSSR count). The molecule has 0 fully saturated rings. The number of ether oxygens (including phenoxy) is 1. The number of hydrogen-bond donors (Lipinski definition) is 2. The topological polar surface area (TPSA) is 97.8 Å². The highest BCUT2D eigenvalue weighted by molar-refractivity contribution is 5.64. The fourth-order valence-corrected chi connectivity index (χ4v) is 3.73. The molecule has 0 aliphatic rings. The number of rotatable bonds is 9. The molecule has 0 bridgehead atoms. The summed E-state index contributed by atoms with van der Waals surface area (Å²) in [6.45, 7) is 10.7. The highest BCUT2D eigenvalue weighted by Crippen LogP contribution is 2.26. The van der Waals surface area contributed by atoms with E-state index in [2.05, 4.69) is 9.87 Å². The summed E-state index contributed by atoms with van der Waals surface area (Å²) in [7, 11) is 1.00. The van der Waals surface area contributed by atoms with Gasteiger partial charge in [0, 0.05) is 30.4 Å². The number of hydrogen-bond acceptors (Lipinski definition) is 7. The number of aliphatic hydroxyl groups is 1. The summed E-state index contributed by atoms with van der Waals surface area (Å²) in [5, 5.41) is 15.5. The lowest BCUT2D eigenvalue weighted by Crippen LogP contribution is -2.04. The van der Waals surface area contributed by atoms with E-state index in [1.54, 1.807) is 0 Å². The van der Waals surface area contributed by atoms with Crippen molar-refractivity contribution in [2.75, 3.05) is 20.3 Å². The molecule has 0 amide bonds. The molecule has 198 valence electrons. The zero-order chi connectivity index (χ0) is 27.2. The van der Waals surface area contributed by atoms with Crippen molar-refractivity contribution in [3.05, 3.63) is 88.9 Å². The van der Waals surface area contributed by atoms with Crippen molar-refractivity contribution in [2.24, 2.45) is 0 Å². The highest BCUT2D eigenvalue weighted by atomic mass is 17.1. The summed E-state index contributed by atoms with van der Waals surface area (Å²) in [6.07, 6.45) is 1.31. The predicted molar refractivity (Wildman–Crippen MR) is 147 cm³/mol. The summed E-state index contributed by atoms with van der Waals surface area (Å²) >= 11 is 0. The normalized spacial score (nSPS) is 10.2. The molecule has 0 spiro atoms. The second-order valence-corrected chi connectivity index (χ2v) is 8.03. The number of nitrogens with zero attached hydrogens (tertiary/aromatic N) is 2. The number of pyridine rings is 1. The van der Waals surface area contributed by atoms with Crippen LogP contribution >= 0.6 is 0 Å². The molecule has 7 heteroatoms.